The minimum absolute atomic E-state index is 0.861. The molecule has 3 heterocycles. The monoisotopic (exact) mass is 272 g/mol. The summed E-state index contributed by atoms with van der Waals surface area (Å²) in [4.78, 5) is 4.71. The summed E-state index contributed by atoms with van der Waals surface area (Å²) in [5, 5.41) is 3.44. The van der Waals surface area contributed by atoms with Gasteiger partial charge in [0.2, 0.25) is 0 Å². The van der Waals surface area contributed by atoms with E-state index in [-0.39, 0.29) is 0 Å². The Balaban J connectivity index is 1.74. The molecule has 0 radical (unpaired) electrons. The summed E-state index contributed by atoms with van der Waals surface area (Å²) in [5.41, 5.74) is 2.30. The van der Waals surface area contributed by atoms with Crippen molar-refractivity contribution in [1.82, 2.24) is 19.4 Å². The normalized spacial score (nSPS) is 16.7. The van der Waals surface area contributed by atoms with E-state index in [0.29, 0.717) is 0 Å². The molecule has 1 saturated heterocycles. The van der Waals surface area contributed by atoms with Crippen molar-refractivity contribution in [3.8, 4) is 11.5 Å². The highest BCUT2D eigenvalue weighted by atomic mass is 15.1. The predicted molar refractivity (Wildman–Crippen MR) is 81.6 cm³/mol. The molecule has 2 aromatic rings. The number of nitrogens with one attached hydrogen (secondary N) is 1. The van der Waals surface area contributed by atoms with Crippen molar-refractivity contribution < 1.29 is 0 Å². The van der Waals surface area contributed by atoms with Crippen LogP contribution in [0, 0.1) is 12.8 Å². The van der Waals surface area contributed by atoms with E-state index in [1.165, 1.54) is 38.0 Å². The molecule has 108 valence electrons. The Bertz CT molecular complexity index is 561. The molecule has 0 saturated carbocycles. The fourth-order valence-corrected chi connectivity index (χ4v) is 3.11. The third kappa shape index (κ3) is 2.80. The van der Waals surface area contributed by atoms with E-state index < -0.39 is 0 Å². The Hall–Kier alpha value is -1.55. The highest BCUT2D eigenvalue weighted by Crippen LogP contribution is 2.22. The van der Waals surface area contributed by atoms with Gasteiger partial charge in [0, 0.05) is 26.0 Å². The van der Waals surface area contributed by atoms with Gasteiger partial charge < -0.3 is 14.5 Å². The Morgan fingerprint density at radius 2 is 2.15 bits per heavy atom. The molecule has 0 spiro atoms. The average Bonchev–Trinajstić information content (AvgIpc) is 3.03. The lowest BCUT2D eigenvalue weighted by Gasteiger charge is -2.22. The maximum absolute atomic E-state index is 4.71. The van der Waals surface area contributed by atoms with E-state index in [9.17, 15) is 0 Å². The fraction of sp³-hybridized carbons (Fsp3) is 0.562. The molecular weight excluding hydrogens is 248 g/mol. The quantitative estimate of drug-likeness (QED) is 0.928. The second kappa shape index (κ2) is 5.83. The molecule has 1 fully saturated rings. The van der Waals surface area contributed by atoms with Crippen molar-refractivity contribution in [2.75, 3.05) is 13.1 Å². The lowest BCUT2D eigenvalue weighted by molar-refractivity contribution is 0.338. The number of hydrogen-bond acceptors (Lipinski definition) is 2. The second-order valence-corrected chi connectivity index (χ2v) is 5.89. The summed E-state index contributed by atoms with van der Waals surface area (Å²) in [6.07, 6.45) is 8.15. The predicted octanol–water partition coefficient (Wildman–Crippen LogP) is 2.59. The largest absolute Gasteiger partial charge is 0.348 e. The smallest absolute Gasteiger partial charge is 0.156 e. The first-order valence-electron chi connectivity index (χ1n) is 7.60. The second-order valence-electron chi connectivity index (χ2n) is 5.89. The van der Waals surface area contributed by atoms with Gasteiger partial charge >= 0.3 is 0 Å². The minimum Gasteiger partial charge on any atom is -0.348 e. The summed E-state index contributed by atoms with van der Waals surface area (Å²) in [6.45, 7) is 5.51. The summed E-state index contributed by atoms with van der Waals surface area (Å²) < 4.78 is 4.47. The average molecular weight is 272 g/mol. The van der Waals surface area contributed by atoms with Crippen LogP contribution in [-0.2, 0) is 13.6 Å². The van der Waals surface area contributed by atoms with Crippen LogP contribution in [0.15, 0.2) is 24.5 Å². The minimum atomic E-state index is 0.861. The van der Waals surface area contributed by atoms with Crippen LogP contribution in [0.3, 0.4) is 0 Å². The molecule has 1 N–H and O–H groups in total. The maximum atomic E-state index is 4.71. The van der Waals surface area contributed by atoms with Crippen molar-refractivity contribution in [3.63, 3.8) is 0 Å². The molecular formula is C16H24N4. The van der Waals surface area contributed by atoms with Crippen LogP contribution in [-0.4, -0.2) is 27.2 Å². The van der Waals surface area contributed by atoms with Gasteiger partial charge in [-0.3, -0.25) is 0 Å². The zero-order chi connectivity index (χ0) is 13.9. The van der Waals surface area contributed by atoms with Gasteiger partial charge in [-0.25, -0.2) is 4.98 Å². The number of rotatable bonds is 4. The highest BCUT2D eigenvalue weighted by Gasteiger charge is 2.15. The van der Waals surface area contributed by atoms with E-state index in [2.05, 4.69) is 52.9 Å². The Morgan fingerprint density at radius 1 is 1.35 bits per heavy atom. The van der Waals surface area contributed by atoms with Crippen molar-refractivity contribution in [2.24, 2.45) is 13.0 Å². The topological polar surface area (TPSA) is 34.8 Å². The summed E-state index contributed by atoms with van der Waals surface area (Å²) >= 11 is 0. The highest BCUT2D eigenvalue weighted by molar-refractivity contribution is 5.51. The Morgan fingerprint density at radius 3 is 2.85 bits per heavy atom. The van der Waals surface area contributed by atoms with E-state index in [1.54, 1.807) is 0 Å². The number of aromatic nitrogens is 3. The first-order valence-corrected chi connectivity index (χ1v) is 7.60. The van der Waals surface area contributed by atoms with Gasteiger partial charge in [0.05, 0.1) is 11.4 Å². The van der Waals surface area contributed by atoms with Gasteiger partial charge in [-0.05, 0) is 57.3 Å². The maximum Gasteiger partial charge on any atom is 0.156 e. The molecule has 4 heteroatoms. The standard InChI is InChI=1S/C16H24N4/c1-13-12-20(11-7-14-5-8-17-9-6-14)16(18-13)15-4-3-10-19(15)2/h3-4,10,12,14,17H,5-9,11H2,1-2H3. The lowest BCUT2D eigenvalue weighted by Crippen LogP contribution is -2.28. The van der Waals surface area contributed by atoms with Crippen molar-refractivity contribution in [1.29, 1.82) is 0 Å². The number of piperidine rings is 1. The van der Waals surface area contributed by atoms with Crippen molar-refractivity contribution in [3.05, 3.63) is 30.2 Å². The van der Waals surface area contributed by atoms with Crippen LogP contribution in [0.4, 0.5) is 0 Å². The molecule has 0 aromatic carbocycles. The van der Waals surface area contributed by atoms with Crippen LogP contribution in [0.25, 0.3) is 11.5 Å². The van der Waals surface area contributed by atoms with Gasteiger partial charge in [0.1, 0.15) is 0 Å². The molecule has 20 heavy (non-hydrogen) atoms. The molecule has 2 aromatic heterocycles. The van der Waals surface area contributed by atoms with E-state index in [1.807, 2.05) is 0 Å². The van der Waals surface area contributed by atoms with Crippen LogP contribution in [0.5, 0.6) is 0 Å². The molecule has 1 aliphatic rings. The first-order chi connectivity index (χ1) is 9.74. The zero-order valence-electron chi connectivity index (χ0n) is 12.5. The fourth-order valence-electron chi connectivity index (χ4n) is 3.11. The first kappa shape index (κ1) is 13.4. The third-order valence-corrected chi connectivity index (χ3v) is 4.31. The molecule has 0 aliphatic carbocycles. The van der Waals surface area contributed by atoms with Gasteiger partial charge in [-0.1, -0.05) is 0 Å². The lowest BCUT2D eigenvalue weighted by atomic mass is 9.95. The number of hydrogen-bond donors (Lipinski definition) is 1. The van der Waals surface area contributed by atoms with Crippen LogP contribution < -0.4 is 5.32 Å². The van der Waals surface area contributed by atoms with Gasteiger partial charge in [-0.15, -0.1) is 0 Å². The van der Waals surface area contributed by atoms with Gasteiger partial charge in [0.25, 0.3) is 0 Å². The number of nitrogens with zero attached hydrogens (tertiary/aromatic N) is 3. The van der Waals surface area contributed by atoms with Gasteiger partial charge in [0.15, 0.2) is 5.82 Å². The van der Waals surface area contributed by atoms with Crippen molar-refractivity contribution >= 4 is 0 Å². The molecule has 0 atom stereocenters. The molecule has 0 bridgehead atoms. The van der Waals surface area contributed by atoms with E-state index in [0.717, 1.165) is 24.0 Å². The van der Waals surface area contributed by atoms with E-state index in [4.69, 9.17) is 4.98 Å². The zero-order valence-corrected chi connectivity index (χ0v) is 12.5. The summed E-state index contributed by atoms with van der Waals surface area (Å²) in [5.74, 6) is 1.96. The molecule has 0 amide bonds. The summed E-state index contributed by atoms with van der Waals surface area (Å²) in [6, 6.07) is 4.22. The third-order valence-electron chi connectivity index (χ3n) is 4.31. The molecule has 1 aliphatic heterocycles. The van der Waals surface area contributed by atoms with Crippen molar-refractivity contribution in [2.45, 2.75) is 32.7 Å². The number of imidazole rings is 1. The molecule has 3 rings (SSSR count). The SMILES string of the molecule is Cc1cn(CCC2CCNCC2)c(-c2cccn2C)n1. The van der Waals surface area contributed by atoms with Crippen LogP contribution in [0.2, 0.25) is 0 Å². The molecule has 0 unspecified atom stereocenters. The van der Waals surface area contributed by atoms with Gasteiger partial charge in [-0.2, -0.15) is 0 Å². The van der Waals surface area contributed by atoms with E-state index >= 15 is 0 Å². The van der Waals surface area contributed by atoms with Crippen LogP contribution in [0.1, 0.15) is 25.0 Å². The Kier molecular flexibility index (Phi) is 3.92. The Labute approximate surface area is 120 Å². The molecule has 4 nitrogen and oxygen atoms in total. The van der Waals surface area contributed by atoms with Crippen LogP contribution >= 0.6 is 0 Å². The summed E-state index contributed by atoms with van der Waals surface area (Å²) in [7, 11) is 2.08. The number of aryl methyl sites for hydroxylation is 3.